The van der Waals surface area contributed by atoms with Gasteiger partial charge in [-0.3, -0.25) is 4.79 Å². The first-order chi connectivity index (χ1) is 6.45. The molecule has 0 saturated heterocycles. The lowest BCUT2D eigenvalue weighted by atomic mass is 10.1. The van der Waals surface area contributed by atoms with Gasteiger partial charge in [0.15, 0.2) is 0 Å². The average molecular weight is 193 g/mol. The molecule has 0 bridgehead atoms. The molecule has 0 aromatic heterocycles. The second kappa shape index (κ2) is 3.45. The molecule has 14 heavy (non-hydrogen) atoms. The summed E-state index contributed by atoms with van der Waals surface area (Å²) in [5.74, 6) is -1.06. The largest absolute Gasteiger partial charge is 0.481 e. The predicted molar refractivity (Wildman–Crippen MR) is 52.4 cm³/mol. The molecule has 0 amide bonds. The Hall–Kier alpha value is -1.30. The molecule has 0 aromatic rings. The van der Waals surface area contributed by atoms with Crippen molar-refractivity contribution in [1.82, 2.24) is 0 Å². The highest BCUT2D eigenvalue weighted by Crippen LogP contribution is 2.59. The molecule has 3 heteroatoms. The zero-order valence-electron chi connectivity index (χ0n) is 8.74. The Kier molecular flexibility index (Phi) is 2.66. The maximum Gasteiger partial charge on any atom is 0.307 e. The Bertz CT molecular complexity index is 323. The monoisotopic (exact) mass is 193 g/mol. The average Bonchev–Trinajstić information content (AvgIpc) is 2.63. The Morgan fingerprint density at radius 1 is 1.64 bits per heavy atom. The van der Waals surface area contributed by atoms with E-state index in [0.717, 1.165) is 0 Å². The van der Waals surface area contributed by atoms with Gasteiger partial charge in [-0.2, -0.15) is 5.26 Å². The Labute approximate surface area is 84.0 Å². The summed E-state index contributed by atoms with van der Waals surface area (Å²) in [5.41, 5.74) is 0.496. The van der Waals surface area contributed by atoms with Gasteiger partial charge in [0.1, 0.15) is 0 Å². The van der Waals surface area contributed by atoms with Crippen molar-refractivity contribution in [1.29, 1.82) is 5.26 Å². The molecule has 1 saturated carbocycles. The van der Waals surface area contributed by atoms with Crippen molar-refractivity contribution >= 4 is 5.97 Å². The standard InChI is InChI=1S/C11H15NO2/c1-4-7(6-12)5-8-9(10(13)14)11(8,2)3/h5,8-9H,4H2,1-3H3,(H,13,14)/b7-5+. The molecule has 0 aliphatic heterocycles. The number of rotatable bonds is 3. The summed E-state index contributed by atoms with van der Waals surface area (Å²) in [6, 6.07) is 2.09. The molecule has 1 aliphatic carbocycles. The molecule has 0 aromatic carbocycles. The van der Waals surface area contributed by atoms with E-state index >= 15 is 0 Å². The Morgan fingerprint density at radius 2 is 2.21 bits per heavy atom. The van der Waals surface area contributed by atoms with Crippen LogP contribution in [0.25, 0.3) is 0 Å². The van der Waals surface area contributed by atoms with Gasteiger partial charge < -0.3 is 5.11 Å². The van der Waals surface area contributed by atoms with E-state index in [9.17, 15) is 4.79 Å². The maximum absolute atomic E-state index is 10.8. The highest BCUT2D eigenvalue weighted by atomic mass is 16.4. The van der Waals surface area contributed by atoms with E-state index in [4.69, 9.17) is 10.4 Å². The van der Waals surface area contributed by atoms with Gasteiger partial charge in [0.05, 0.1) is 12.0 Å². The third-order valence-corrected chi connectivity index (χ3v) is 3.08. The second-order valence-corrected chi connectivity index (χ2v) is 4.32. The minimum atomic E-state index is -0.760. The van der Waals surface area contributed by atoms with Crippen molar-refractivity contribution < 1.29 is 9.90 Å². The number of allylic oxidation sites excluding steroid dienone is 2. The van der Waals surface area contributed by atoms with Crippen molar-refractivity contribution in [3.05, 3.63) is 11.6 Å². The van der Waals surface area contributed by atoms with Crippen LogP contribution in [0.1, 0.15) is 27.2 Å². The van der Waals surface area contributed by atoms with Crippen LogP contribution in [0.4, 0.5) is 0 Å². The second-order valence-electron chi connectivity index (χ2n) is 4.32. The quantitative estimate of drug-likeness (QED) is 0.699. The number of nitrogens with zero attached hydrogens (tertiary/aromatic N) is 1. The first-order valence-electron chi connectivity index (χ1n) is 4.78. The topological polar surface area (TPSA) is 61.1 Å². The molecule has 0 spiro atoms. The first-order valence-corrected chi connectivity index (χ1v) is 4.78. The molecule has 1 N–H and O–H groups in total. The van der Waals surface area contributed by atoms with E-state index in [-0.39, 0.29) is 17.3 Å². The van der Waals surface area contributed by atoms with Crippen LogP contribution in [-0.2, 0) is 4.79 Å². The van der Waals surface area contributed by atoms with Gasteiger partial charge in [0.25, 0.3) is 0 Å². The lowest BCUT2D eigenvalue weighted by Crippen LogP contribution is -2.03. The first kappa shape index (κ1) is 10.8. The van der Waals surface area contributed by atoms with Crippen LogP contribution >= 0.6 is 0 Å². The van der Waals surface area contributed by atoms with E-state index in [2.05, 4.69) is 6.07 Å². The van der Waals surface area contributed by atoms with Crippen LogP contribution in [0, 0.1) is 28.6 Å². The third-order valence-electron chi connectivity index (χ3n) is 3.08. The van der Waals surface area contributed by atoms with Crippen LogP contribution in [0.15, 0.2) is 11.6 Å². The highest BCUT2D eigenvalue weighted by molar-refractivity contribution is 5.76. The molecule has 3 nitrogen and oxygen atoms in total. The molecule has 76 valence electrons. The molecule has 2 atom stereocenters. The fourth-order valence-electron chi connectivity index (χ4n) is 1.91. The summed E-state index contributed by atoms with van der Waals surface area (Å²) in [6.45, 7) is 5.76. The van der Waals surface area contributed by atoms with Gasteiger partial charge in [-0.1, -0.05) is 26.8 Å². The number of carbonyl (C=O) groups is 1. The van der Waals surface area contributed by atoms with Crippen LogP contribution in [0.3, 0.4) is 0 Å². The van der Waals surface area contributed by atoms with Crippen molar-refractivity contribution in [2.24, 2.45) is 17.3 Å². The van der Waals surface area contributed by atoms with Gasteiger partial charge in [0.2, 0.25) is 0 Å². The van der Waals surface area contributed by atoms with Crippen molar-refractivity contribution in [2.75, 3.05) is 0 Å². The summed E-state index contributed by atoms with van der Waals surface area (Å²) < 4.78 is 0. The van der Waals surface area contributed by atoms with E-state index in [0.29, 0.717) is 12.0 Å². The lowest BCUT2D eigenvalue weighted by molar-refractivity contribution is -0.139. The molecule has 1 fully saturated rings. The number of aliphatic carboxylic acids is 1. The van der Waals surface area contributed by atoms with E-state index in [1.165, 1.54) is 0 Å². The molecule has 2 unspecified atom stereocenters. The van der Waals surface area contributed by atoms with Crippen LogP contribution in [-0.4, -0.2) is 11.1 Å². The molecule has 0 heterocycles. The van der Waals surface area contributed by atoms with Crippen molar-refractivity contribution in [3.8, 4) is 6.07 Å². The lowest BCUT2D eigenvalue weighted by Gasteiger charge is -1.97. The molecular weight excluding hydrogens is 178 g/mol. The summed E-state index contributed by atoms with van der Waals surface area (Å²) in [7, 11) is 0. The van der Waals surface area contributed by atoms with Gasteiger partial charge >= 0.3 is 5.97 Å². The molecule has 1 aliphatic rings. The summed E-state index contributed by atoms with van der Waals surface area (Å²) >= 11 is 0. The highest BCUT2D eigenvalue weighted by Gasteiger charge is 2.60. The van der Waals surface area contributed by atoms with Gasteiger partial charge in [0, 0.05) is 5.57 Å². The Morgan fingerprint density at radius 3 is 2.50 bits per heavy atom. The number of hydrogen-bond acceptors (Lipinski definition) is 2. The third kappa shape index (κ3) is 1.65. The van der Waals surface area contributed by atoms with Crippen LogP contribution < -0.4 is 0 Å². The number of carboxylic acid groups (broad SMARTS) is 1. The smallest absolute Gasteiger partial charge is 0.307 e. The normalized spacial score (nSPS) is 29.4. The fraction of sp³-hybridized carbons (Fsp3) is 0.636. The predicted octanol–water partition coefficient (Wildman–Crippen LogP) is 2.20. The van der Waals surface area contributed by atoms with Gasteiger partial charge in [-0.25, -0.2) is 0 Å². The summed E-state index contributed by atoms with van der Waals surface area (Å²) in [5, 5.41) is 17.6. The minimum absolute atomic E-state index is 0.0228. The summed E-state index contributed by atoms with van der Waals surface area (Å²) in [4.78, 5) is 10.8. The number of hydrogen-bond donors (Lipinski definition) is 1. The number of nitriles is 1. The zero-order valence-corrected chi connectivity index (χ0v) is 8.74. The van der Waals surface area contributed by atoms with Crippen molar-refractivity contribution in [3.63, 3.8) is 0 Å². The van der Waals surface area contributed by atoms with Crippen molar-refractivity contribution in [2.45, 2.75) is 27.2 Å². The van der Waals surface area contributed by atoms with E-state index < -0.39 is 5.97 Å². The molecule has 0 radical (unpaired) electrons. The summed E-state index contributed by atoms with van der Waals surface area (Å²) in [6.07, 6.45) is 2.49. The maximum atomic E-state index is 10.8. The Balaban J connectivity index is 2.80. The van der Waals surface area contributed by atoms with E-state index in [1.807, 2.05) is 26.8 Å². The fourth-order valence-corrected chi connectivity index (χ4v) is 1.91. The minimum Gasteiger partial charge on any atom is -0.481 e. The molecule has 1 rings (SSSR count). The van der Waals surface area contributed by atoms with Gasteiger partial charge in [-0.15, -0.1) is 0 Å². The van der Waals surface area contributed by atoms with Crippen LogP contribution in [0.5, 0.6) is 0 Å². The van der Waals surface area contributed by atoms with E-state index in [1.54, 1.807) is 0 Å². The zero-order chi connectivity index (χ0) is 10.9. The van der Waals surface area contributed by atoms with Crippen LogP contribution in [0.2, 0.25) is 0 Å². The SMILES string of the molecule is CC/C(C#N)=C\C1C(C(=O)O)C1(C)C. The molecular formula is C11H15NO2. The number of carboxylic acids is 1. The van der Waals surface area contributed by atoms with Gasteiger partial charge in [-0.05, 0) is 17.8 Å².